The lowest BCUT2D eigenvalue weighted by atomic mass is 10.1. The number of para-hydroxylation sites is 1. The highest BCUT2D eigenvalue weighted by Gasteiger charge is 2.19. The van der Waals surface area contributed by atoms with E-state index in [0.29, 0.717) is 22.5 Å². The number of furan rings is 1. The minimum atomic E-state index is 0.566. The molecule has 10 aromatic rings. The van der Waals surface area contributed by atoms with Gasteiger partial charge in [0.15, 0.2) is 11.4 Å². The molecule has 0 N–H and O–H groups in total. The first-order valence-corrected chi connectivity index (χ1v) is 20.4. The standard InChI is InChI=1S/C56H33N7O/c1-59-44-16-28-51(29-17-44)62(52-30-18-45(60-2)19-31-52)50-26-14-41(15-27-50)55-35-43-33-54-42(34-56(43)64-55)32-53(63(54)46-6-4-3-5-7-46)40-12-24-49(25-13-40)61(47-20-8-38(36-57)9-21-47)48-22-10-39(37-58)11-23-48/h3-35H. The van der Waals surface area contributed by atoms with Gasteiger partial charge in [-0.25, -0.2) is 9.69 Å². The maximum Gasteiger partial charge on any atom is 0.187 e. The van der Waals surface area contributed by atoms with Crippen molar-refractivity contribution in [3.8, 4) is 40.4 Å². The van der Waals surface area contributed by atoms with Crippen LogP contribution < -0.4 is 9.80 Å². The third kappa shape index (κ3) is 7.23. The monoisotopic (exact) mass is 819 g/mol. The largest absolute Gasteiger partial charge is 0.456 e. The predicted molar refractivity (Wildman–Crippen MR) is 255 cm³/mol. The summed E-state index contributed by atoms with van der Waals surface area (Å²) in [5.41, 5.74) is 13.6. The molecule has 8 nitrogen and oxygen atoms in total. The molecule has 8 aromatic carbocycles. The molecular weight excluding hydrogens is 787 g/mol. The molecule has 0 unspecified atom stereocenters. The second kappa shape index (κ2) is 16.5. The van der Waals surface area contributed by atoms with Crippen molar-refractivity contribution in [3.05, 3.63) is 234 Å². The van der Waals surface area contributed by atoms with E-state index in [9.17, 15) is 10.5 Å². The molecule has 64 heavy (non-hydrogen) atoms. The molecule has 10 rings (SSSR count). The average molecular weight is 820 g/mol. The van der Waals surface area contributed by atoms with Gasteiger partial charge in [0.2, 0.25) is 0 Å². The number of fused-ring (bicyclic) bond motifs is 2. The van der Waals surface area contributed by atoms with Crippen LogP contribution >= 0.6 is 0 Å². The van der Waals surface area contributed by atoms with E-state index >= 15 is 0 Å². The molecular formula is C56H33N7O. The molecule has 0 radical (unpaired) electrons. The van der Waals surface area contributed by atoms with Crippen LogP contribution in [0.3, 0.4) is 0 Å². The van der Waals surface area contributed by atoms with E-state index in [1.165, 1.54) is 0 Å². The normalized spacial score (nSPS) is 10.8. The summed E-state index contributed by atoms with van der Waals surface area (Å²) >= 11 is 0. The number of benzene rings is 8. The molecule has 0 aliphatic rings. The molecule has 0 atom stereocenters. The maximum atomic E-state index is 9.45. The highest BCUT2D eigenvalue weighted by molar-refractivity contribution is 6.00. The van der Waals surface area contributed by atoms with Crippen LogP contribution in [0.5, 0.6) is 0 Å². The van der Waals surface area contributed by atoms with Crippen molar-refractivity contribution < 1.29 is 4.42 Å². The summed E-state index contributed by atoms with van der Waals surface area (Å²) in [6.07, 6.45) is 0. The molecule has 0 saturated heterocycles. The van der Waals surface area contributed by atoms with Crippen molar-refractivity contribution in [2.75, 3.05) is 9.80 Å². The van der Waals surface area contributed by atoms with Crippen molar-refractivity contribution >= 4 is 67.4 Å². The molecule has 0 bridgehead atoms. The van der Waals surface area contributed by atoms with Crippen molar-refractivity contribution in [2.24, 2.45) is 0 Å². The first-order valence-electron chi connectivity index (χ1n) is 20.4. The van der Waals surface area contributed by atoms with Gasteiger partial charge in [-0.1, -0.05) is 54.6 Å². The Hall–Kier alpha value is -9.60. The lowest BCUT2D eigenvalue weighted by molar-refractivity contribution is 0.632. The lowest BCUT2D eigenvalue weighted by Crippen LogP contribution is -2.10. The SMILES string of the molecule is [C-]#[N+]c1ccc(N(c2ccc([N+]#[C-])cc2)c2ccc(-c3cc4cc5c(cc(-c6ccc(N(c7ccc(C#N)cc7)c7ccc(C#N)cc7)cc6)n5-c5ccccc5)cc4o3)cc2)cc1. The molecule has 2 heterocycles. The number of hydrogen-bond donors (Lipinski definition) is 0. The van der Waals surface area contributed by atoms with E-state index in [0.717, 1.165) is 84.3 Å². The summed E-state index contributed by atoms with van der Waals surface area (Å²) in [5, 5.41) is 20.9. The fraction of sp³-hybridized carbons (Fsp3) is 0. The first kappa shape index (κ1) is 38.6. The third-order valence-electron chi connectivity index (χ3n) is 11.3. The molecule has 298 valence electrons. The van der Waals surface area contributed by atoms with Crippen LogP contribution in [0.1, 0.15) is 11.1 Å². The number of hydrogen-bond acceptors (Lipinski definition) is 5. The van der Waals surface area contributed by atoms with Crippen molar-refractivity contribution in [1.29, 1.82) is 10.5 Å². The van der Waals surface area contributed by atoms with Gasteiger partial charge in [0, 0.05) is 56.1 Å². The van der Waals surface area contributed by atoms with E-state index in [-0.39, 0.29) is 0 Å². The number of rotatable bonds is 9. The lowest BCUT2D eigenvalue weighted by Gasteiger charge is -2.26. The fourth-order valence-electron chi connectivity index (χ4n) is 8.12. The van der Waals surface area contributed by atoms with Gasteiger partial charge in [0.05, 0.1) is 47.6 Å². The molecule has 0 aliphatic heterocycles. The molecule has 0 aliphatic carbocycles. The van der Waals surface area contributed by atoms with E-state index in [1.807, 2.05) is 115 Å². The summed E-state index contributed by atoms with van der Waals surface area (Å²) in [4.78, 5) is 11.3. The molecule has 8 heteroatoms. The van der Waals surface area contributed by atoms with Gasteiger partial charge in [-0.3, -0.25) is 0 Å². The van der Waals surface area contributed by atoms with Crippen LogP contribution in [-0.2, 0) is 0 Å². The molecule has 0 spiro atoms. The molecule has 2 aromatic heterocycles. The molecule has 0 fully saturated rings. The summed E-state index contributed by atoms with van der Waals surface area (Å²) in [7, 11) is 0. The fourth-order valence-corrected chi connectivity index (χ4v) is 8.12. The second-order valence-corrected chi connectivity index (χ2v) is 15.1. The van der Waals surface area contributed by atoms with Crippen LogP contribution in [0.2, 0.25) is 0 Å². The van der Waals surface area contributed by atoms with Gasteiger partial charge < -0.3 is 18.8 Å². The Labute approximate surface area is 369 Å². The number of aromatic nitrogens is 1. The van der Waals surface area contributed by atoms with Crippen LogP contribution in [0.15, 0.2) is 205 Å². The number of nitriles is 2. The Balaban J connectivity index is 1.01. The van der Waals surface area contributed by atoms with Crippen LogP contribution in [0.4, 0.5) is 45.5 Å². The van der Waals surface area contributed by atoms with Gasteiger partial charge in [-0.2, -0.15) is 10.5 Å². The zero-order valence-corrected chi connectivity index (χ0v) is 34.1. The van der Waals surface area contributed by atoms with Gasteiger partial charge in [0.25, 0.3) is 0 Å². The van der Waals surface area contributed by atoms with E-state index in [4.69, 9.17) is 17.6 Å². The Morgan fingerprint density at radius 2 is 0.891 bits per heavy atom. The summed E-state index contributed by atoms with van der Waals surface area (Å²) < 4.78 is 8.86. The van der Waals surface area contributed by atoms with Crippen LogP contribution in [0, 0.1) is 35.8 Å². The zero-order chi connectivity index (χ0) is 43.6. The zero-order valence-electron chi connectivity index (χ0n) is 34.1. The van der Waals surface area contributed by atoms with Gasteiger partial charge in [0.1, 0.15) is 11.3 Å². The maximum absolute atomic E-state index is 9.45. The number of nitrogens with zero attached hydrogens (tertiary/aromatic N) is 7. The quantitative estimate of drug-likeness (QED) is 0.136. The smallest absolute Gasteiger partial charge is 0.187 e. The Morgan fingerprint density at radius 1 is 0.453 bits per heavy atom. The molecule has 0 saturated carbocycles. The Kier molecular flexibility index (Phi) is 9.92. The average Bonchev–Trinajstić information content (AvgIpc) is 3.96. The second-order valence-electron chi connectivity index (χ2n) is 15.1. The number of anilines is 6. The predicted octanol–water partition coefficient (Wildman–Crippen LogP) is 15.5. The minimum Gasteiger partial charge on any atom is -0.456 e. The van der Waals surface area contributed by atoms with E-state index in [2.05, 4.69) is 121 Å². The Morgan fingerprint density at radius 3 is 1.34 bits per heavy atom. The summed E-state index contributed by atoms with van der Waals surface area (Å²) in [6, 6.07) is 69.9. The molecule has 0 amide bonds. The van der Waals surface area contributed by atoms with Gasteiger partial charge >= 0.3 is 0 Å². The topological polar surface area (TPSA) is 80.9 Å². The summed E-state index contributed by atoms with van der Waals surface area (Å²) in [5.74, 6) is 0.750. The van der Waals surface area contributed by atoms with Crippen LogP contribution in [0.25, 0.3) is 59.8 Å². The third-order valence-corrected chi connectivity index (χ3v) is 11.3. The minimum absolute atomic E-state index is 0.566. The first-order chi connectivity index (χ1) is 31.5. The Bertz CT molecular complexity index is 3370. The highest BCUT2D eigenvalue weighted by Crippen LogP contribution is 2.41. The van der Waals surface area contributed by atoms with Crippen LogP contribution in [-0.4, -0.2) is 4.57 Å². The van der Waals surface area contributed by atoms with E-state index in [1.54, 1.807) is 0 Å². The highest BCUT2D eigenvalue weighted by atomic mass is 16.3. The van der Waals surface area contributed by atoms with Crippen molar-refractivity contribution in [2.45, 2.75) is 0 Å². The van der Waals surface area contributed by atoms with E-state index < -0.39 is 0 Å². The van der Waals surface area contributed by atoms with Gasteiger partial charge in [-0.05, 0) is 151 Å². The van der Waals surface area contributed by atoms with Crippen molar-refractivity contribution in [3.63, 3.8) is 0 Å². The summed E-state index contributed by atoms with van der Waals surface area (Å²) in [6.45, 7) is 14.8. The van der Waals surface area contributed by atoms with Gasteiger partial charge in [-0.15, -0.1) is 0 Å². The van der Waals surface area contributed by atoms with Crippen molar-refractivity contribution in [1.82, 2.24) is 4.57 Å².